The van der Waals surface area contributed by atoms with Gasteiger partial charge >= 0.3 is 0 Å². The average molecular weight is 505 g/mol. The van der Waals surface area contributed by atoms with Crippen molar-refractivity contribution in [1.29, 1.82) is 10.8 Å². The molecule has 0 aliphatic carbocycles. The van der Waals surface area contributed by atoms with Crippen molar-refractivity contribution >= 4 is 43.6 Å². The third-order valence-electron chi connectivity index (χ3n) is 6.12. The Morgan fingerprint density at radius 3 is 2.26 bits per heavy atom. The summed E-state index contributed by atoms with van der Waals surface area (Å²) in [6.45, 7) is 5.49. The zero-order valence-corrected chi connectivity index (χ0v) is 21.0. The number of phenols is 1. The van der Waals surface area contributed by atoms with E-state index in [1.54, 1.807) is 29.2 Å². The number of nitrogens with one attached hydrogen (secondary N) is 2. The third kappa shape index (κ3) is 5.00. The summed E-state index contributed by atoms with van der Waals surface area (Å²) in [6.07, 6.45) is 1.30. The maximum absolute atomic E-state index is 12.0. The van der Waals surface area contributed by atoms with Crippen LogP contribution in [0.3, 0.4) is 0 Å². The van der Waals surface area contributed by atoms with Gasteiger partial charge in [0.1, 0.15) is 11.6 Å². The van der Waals surface area contributed by atoms with Crippen molar-refractivity contribution in [3.8, 4) is 16.9 Å². The van der Waals surface area contributed by atoms with Gasteiger partial charge in [-0.05, 0) is 29.6 Å². The summed E-state index contributed by atoms with van der Waals surface area (Å²) < 4.78 is 0. The maximum Gasteiger partial charge on any atom is 0.246 e. The summed E-state index contributed by atoms with van der Waals surface area (Å²) in [5.74, 6) is 0.202. The summed E-state index contributed by atoms with van der Waals surface area (Å²) >= 11 is 6.72. The SMILES string of the molecule is C=CC(=O)N1CCN(C(=N)c2cc(-c3c(O)cccc3P)c(Cl)cc2C(=N)c2ccccc2)CC1. The van der Waals surface area contributed by atoms with Crippen molar-refractivity contribution in [2.24, 2.45) is 0 Å². The largest absolute Gasteiger partial charge is 0.507 e. The molecule has 0 aromatic heterocycles. The summed E-state index contributed by atoms with van der Waals surface area (Å²) in [7, 11) is 2.61. The minimum Gasteiger partial charge on any atom is -0.507 e. The molecule has 1 amide bonds. The molecule has 8 heteroatoms. The van der Waals surface area contributed by atoms with Crippen LogP contribution in [-0.4, -0.2) is 58.5 Å². The van der Waals surface area contributed by atoms with Gasteiger partial charge in [0, 0.05) is 59.0 Å². The van der Waals surface area contributed by atoms with E-state index in [0.717, 1.165) is 5.30 Å². The molecule has 1 unspecified atom stereocenters. The predicted molar refractivity (Wildman–Crippen MR) is 145 cm³/mol. The lowest BCUT2D eigenvalue weighted by Crippen LogP contribution is -2.50. The third-order valence-corrected chi connectivity index (χ3v) is 6.91. The van der Waals surface area contributed by atoms with Crippen molar-refractivity contribution in [2.45, 2.75) is 0 Å². The number of carbonyl (C=O) groups excluding carboxylic acids is 1. The first-order valence-electron chi connectivity index (χ1n) is 11.1. The molecule has 1 fully saturated rings. The first kappa shape index (κ1) is 24.6. The Hall–Kier alpha value is -3.47. The van der Waals surface area contributed by atoms with Crippen molar-refractivity contribution in [1.82, 2.24) is 9.80 Å². The molecule has 3 aromatic carbocycles. The van der Waals surface area contributed by atoms with Crippen LogP contribution in [0.2, 0.25) is 5.02 Å². The minimum atomic E-state index is -0.121. The molecule has 4 rings (SSSR count). The minimum absolute atomic E-state index is 0.0827. The van der Waals surface area contributed by atoms with Gasteiger partial charge in [0.25, 0.3) is 0 Å². The smallest absolute Gasteiger partial charge is 0.246 e. The van der Waals surface area contributed by atoms with Crippen molar-refractivity contribution in [3.05, 3.63) is 95.0 Å². The second kappa shape index (κ2) is 10.4. The van der Waals surface area contributed by atoms with E-state index >= 15 is 0 Å². The van der Waals surface area contributed by atoms with E-state index in [1.807, 2.05) is 41.3 Å². The Morgan fingerprint density at radius 1 is 0.971 bits per heavy atom. The van der Waals surface area contributed by atoms with Gasteiger partial charge < -0.3 is 14.9 Å². The molecule has 0 radical (unpaired) electrons. The molecular weight excluding hydrogens is 479 g/mol. The number of hydrogen-bond donors (Lipinski definition) is 3. The zero-order chi connectivity index (χ0) is 25.1. The Balaban J connectivity index is 1.80. The van der Waals surface area contributed by atoms with Gasteiger partial charge in [-0.2, -0.15) is 0 Å². The molecule has 1 atom stereocenters. The van der Waals surface area contributed by atoms with E-state index in [2.05, 4.69) is 15.8 Å². The molecule has 1 aliphatic rings. The fourth-order valence-corrected chi connectivity index (χ4v) is 4.90. The molecule has 1 saturated heterocycles. The van der Waals surface area contributed by atoms with E-state index in [-0.39, 0.29) is 23.2 Å². The van der Waals surface area contributed by atoms with Crippen molar-refractivity contribution < 1.29 is 9.90 Å². The lowest BCUT2D eigenvalue weighted by atomic mass is 9.92. The number of amides is 1. The molecule has 6 nitrogen and oxygen atoms in total. The Kier molecular flexibility index (Phi) is 7.34. The Bertz CT molecular complexity index is 1300. The second-order valence-corrected chi connectivity index (χ2v) is 9.25. The maximum atomic E-state index is 12.0. The van der Waals surface area contributed by atoms with Crippen LogP contribution >= 0.6 is 20.8 Å². The van der Waals surface area contributed by atoms with E-state index in [9.17, 15) is 9.90 Å². The molecule has 1 aliphatic heterocycles. The lowest BCUT2D eigenvalue weighted by molar-refractivity contribution is -0.127. The highest BCUT2D eigenvalue weighted by molar-refractivity contribution is 7.28. The van der Waals surface area contributed by atoms with E-state index in [4.69, 9.17) is 22.4 Å². The quantitative estimate of drug-likeness (QED) is 0.209. The van der Waals surface area contributed by atoms with Gasteiger partial charge in [0.2, 0.25) is 5.91 Å². The molecule has 3 aromatic rings. The number of rotatable bonds is 5. The van der Waals surface area contributed by atoms with Crippen LogP contribution < -0.4 is 5.30 Å². The number of halogens is 1. The van der Waals surface area contributed by atoms with Crippen LogP contribution in [0.4, 0.5) is 0 Å². The molecule has 0 saturated carbocycles. The van der Waals surface area contributed by atoms with Crippen molar-refractivity contribution in [2.75, 3.05) is 26.2 Å². The van der Waals surface area contributed by atoms with Crippen LogP contribution in [0.1, 0.15) is 16.7 Å². The van der Waals surface area contributed by atoms with Gasteiger partial charge in [0.05, 0.1) is 5.71 Å². The molecule has 3 N–H and O–H groups in total. The standard InChI is InChI=1S/C27H26ClN4O2P/c1-2-24(34)31-11-13-32(14-12-31)27(30)19-15-20(25-22(33)9-6-10-23(25)35)21(28)16-18(19)26(29)17-7-4-3-5-8-17/h2-10,15-16,29-30,33H,1,11-14,35H2. The van der Waals surface area contributed by atoms with Gasteiger partial charge in [-0.3, -0.25) is 15.6 Å². The molecule has 178 valence electrons. The lowest BCUT2D eigenvalue weighted by Gasteiger charge is -2.36. The molecule has 35 heavy (non-hydrogen) atoms. The van der Waals surface area contributed by atoms with E-state index < -0.39 is 0 Å². The van der Waals surface area contributed by atoms with Gasteiger partial charge in [0.15, 0.2) is 0 Å². The van der Waals surface area contributed by atoms with Gasteiger partial charge in [-0.25, -0.2) is 0 Å². The highest BCUT2D eigenvalue weighted by Crippen LogP contribution is 2.37. The van der Waals surface area contributed by atoms with Crippen LogP contribution in [0.25, 0.3) is 11.1 Å². The highest BCUT2D eigenvalue weighted by Gasteiger charge is 2.26. The summed E-state index contributed by atoms with van der Waals surface area (Å²) in [5, 5.41) is 29.7. The number of nitrogens with zero attached hydrogens (tertiary/aromatic N) is 2. The van der Waals surface area contributed by atoms with Crippen LogP contribution in [0, 0.1) is 10.8 Å². The number of amidine groups is 1. The summed E-state index contributed by atoms with van der Waals surface area (Å²) in [6, 6.07) is 18.0. The Morgan fingerprint density at radius 2 is 1.63 bits per heavy atom. The zero-order valence-electron chi connectivity index (χ0n) is 19.1. The number of benzene rings is 3. The van der Waals surface area contributed by atoms with E-state index in [1.165, 1.54) is 6.08 Å². The normalized spacial score (nSPS) is 13.4. The van der Waals surface area contributed by atoms with Gasteiger partial charge in [-0.1, -0.05) is 60.6 Å². The fraction of sp³-hybridized carbons (Fsp3) is 0.148. The number of phenolic OH excluding ortho intramolecular Hbond substituents is 1. The predicted octanol–water partition coefficient (Wildman–Crippen LogP) is 4.28. The molecule has 0 spiro atoms. The first-order chi connectivity index (χ1) is 16.8. The molecular formula is C27H26ClN4O2P. The summed E-state index contributed by atoms with van der Waals surface area (Å²) in [5.41, 5.74) is 3.17. The summed E-state index contributed by atoms with van der Waals surface area (Å²) in [4.78, 5) is 15.6. The van der Waals surface area contributed by atoms with Crippen LogP contribution in [0.15, 0.2) is 73.3 Å². The topological polar surface area (TPSA) is 91.5 Å². The Labute approximate surface area is 212 Å². The fourth-order valence-electron chi connectivity index (χ4n) is 4.23. The average Bonchev–Trinajstić information content (AvgIpc) is 2.88. The van der Waals surface area contributed by atoms with Crippen LogP contribution in [-0.2, 0) is 4.79 Å². The van der Waals surface area contributed by atoms with E-state index in [0.29, 0.717) is 59.0 Å². The van der Waals surface area contributed by atoms with Crippen molar-refractivity contribution in [3.63, 3.8) is 0 Å². The second-order valence-electron chi connectivity index (χ2n) is 8.23. The number of piperazine rings is 1. The first-order valence-corrected chi connectivity index (χ1v) is 12.1. The number of hydrogen-bond acceptors (Lipinski definition) is 4. The highest BCUT2D eigenvalue weighted by atomic mass is 35.5. The number of aromatic hydroxyl groups is 1. The number of carbonyl (C=O) groups is 1. The molecule has 1 heterocycles. The monoisotopic (exact) mass is 504 g/mol. The van der Waals surface area contributed by atoms with Crippen LogP contribution in [0.5, 0.6) is 5.75 Å². The molecule has 0 bridgehead atoms. The van der Waals surface area contributed by atoms with Gasteiger partial charge in [-0.15, -0.1) is 9.24 Å².